The van der Waals surface area contributed by atoms with Crippen molar-refractivity contribution in [1.29, 1.82) is 5.26 Å². The number of primary amides is 1. The first-order chi connectivity index (χ1) is 6.54. The molecule has 0 spiro atoms. The monoisotopic (exact) mass is 194 g/mol. The van der Waals surface area contributed by atoms with Crippen molar-refractivity contribution in [3.63, 3.8) is 0 Å². The van der Waals surface area contributed by atoms with Crippen LogP contribution < -0.4 is 17.0 Å². The highest BCUT2D eigenvalue weighted by Gasteiger charge is 2.05. The molecule has 3 N–H and O–H groups in total. The Kier molecular flexibility index (Phi) is 2.48. The van der Waals surface area contributed by atoms with Crippen LogP contribution in [0.2, 0.25) is 0 Å². The summed E-state index contributed by atoms with van der Waals surface area (Å²) in [5, 5.41) is 8.47. The molecule has 14 heavy (non-hydrogen) atoms. The molecule has 0 saturated carbocycles. The number of carbonyl (C=O) groups is 1. The fourth-order valence-electron chi connectivity index (χ4n) is 0.874. The number of aromatic nitrogens is 2. The number of hydrogen-bond acceptors (Lipinski definition) is 4. The Bertz CT molecular complexity index is 519. The maximum Gasteiger partial charge on any atom is 0.328 e. The van der Waals surface area contributed by atoms with Crippen molar-refractivity contribution in [1.82, 2.24) is 9.55 Å². The number of aromatic amines is 1. The quantitative estimate of drug-likeness (QED) is 0.559. The molecular formula is C7H6N4O3. The minimum atomic E-state index is -0.779. The number of nitrogens with zero attached hydrogens (tertiary/aromatic N) is 2. The van der Waals surface area contributed by atoms with Crippen molar-refractivity contribution in [2.45, 2.75) is 6.54 Å². The van der Waals surface area contributed by atoms with Gasteiger partial charge in [0.15, 0.2) is 0 Å². The zero-order valence-corrected chi connectivity index (χ0v) is 6.98. The molecule has 7 heteroatoms. The zero-order chi connectivity index (χ0) is 10.7. The van der Waals surface area contributed by atoms with Gasteiger partial charge in [0.05, 0.1) is 0 Å². The molecule has 1 rings (SSSR count). The average molecular weight is 194 g/mol. The topological polar surface area (TPSA) is 122 Å². The lowest BCUT2D eigenvalue weighted by Crippen LogP contribution is -2.34. The lowest BCUT2D eigenvalue weighted by molar-refractivity contribution is -0.118. The van der Waals surface area contributed by atoms with Crippen LogP contribution in [0.3, 0.4) is 0 Å². The largest absolute Gasteiger partial charge is 0.368 e. The number of nitrogens with one attached hydrogen (secondary N) is 1. The minimum absolute atomic E-state index is 0.245. The molecule has 0 saturated heterocycles. The third-order valence-electron chi connectivity index (χ3n) is 1.46. The molecule has 1 heterocycles. The van der Waals surface area contributed by atoms with Crippen LogP contribution in [0.25, 0.3) is 0 Å². The van der Waals surface area contributed by atoms with E-state index in [1.165, 1.54) is 0 Å². The molecule has 7 nitrogen and oxygen atoms in total. The van der Waals surface area contributed by atoms with E-state index in [1.54, 1.807) is 6.07 Å². The summed E-state index contributed by atoms with van der Waals surface area (Å²) in [6.45, 7) is -0.371. The lowest BCUT2D eigenvalue weighted by Gasteiger charge is -2.00. The summed E-state index contributed by atoms with van der Waals surface area (Å²) < 4.78 is 0.863. The number of carbonyl (C=O) groups excluding carboxylic acids is 1. The maximum atomic E-state index is 11.0. The van der Waals surface area contributed by atoms with Gasteiger partial charge in [-0.2, -0.15) is 5.26 Å². The third-order valence-corrected chi connectivity index (χ3v) is 1.46. The van der Waals surface area contributed by atoms with Crippen molar-refractivity contribution >= 4 is 5.91 Å². The second-order valence-corrected chi connectivity index (χ2v) is 2.51. The van der Waals surface area contributed by atoms with Crippen LogP contribution in [-0.4, -0.2) is 15.5 Å². The van der Waals surface area contributed by atoms with E-state index in [0.717, 1.165) is 10.8 Å². The first kappa shape index (κ1) is 9.73. The number of nitriles is 1. The molecule has 0 aliphatic carbocycles. The zero-order valence-electron chi connectivity index (χ0n) is 6.98. The van der Waals surface area contributed by atoms with Crippen molar-refractivity contribution in [3.05, 3.63) is 32.6 Å². The normalized spacial score (nSPS) is 9.36. The van der Waals surface area contributed by atoms with E-state index in [1.807, 2.05) is 4.98 Å². The van der Waals surface area contributed by atoms with Gasteiger partial charge in [-0.25, -0.2) is 4.79 Å². The molecule has 0 aliphatic rings. The number of amides is 1. The Morgan fingerprint density at radius 3 is 2.79 bits per heavy atom. The molecule has 0 atom stereocenters. The molecule has 1 aromatic rings. The first-order valence-corrected chi connectivity index (χ1v) is 3.56. The lowest BCUT2D eigenvalue weighted by atomic mass is 10.4. The first-order valence-electron chi connectivity index (χ1n) is 3.56. The van der Waals surface area contributed by atoms with Gasteiger partial charge in [-0.3, -0.25) is 19.1 Å². The standard InChI is InChI=1S/C7H6N4O3/c8-1-4-2-11(3-5(9)12)7(14)10-6(4)13/h2H,3H2,(H2,9,12)(H,10,13,14). The van der Waals surface area contributed by atoms with Crippen LogP contribution in [0, 0.1) is 11.3 Å². The Morgan fingerprint density at radius 1 is 1.64 bits per heavy atom. The molecule has 1 amide bonds. The van der Waals surface area contributed by atoms with E-state index in [-0.39, 0.29) is 12.1 Å². The summed E-state index contributed by atoms with van der Waals surface area (Å²) >= 11 is 0. The van der Waals surface area contributed by atoms with Crippen LogP contribution in [0.5, 0.6) is 0 Å². The van der Waals surface area contributed by atoms with Gasteiger partial charge in [0.25, 0.3) is 5.56 Å². The number of rotatable bonds is 2. The predicted molar refractivity (Wildman–Crippen MR) is 45.2 cm³/mol. The number of nitrogens with two attached hydrogens (primary N) is 1. The van der Waals surface area contributed by atoms with Gasteiger partial charge in [0, 0.05) is 6.20 Å². The summed E-state index contributed by atoms with van der Waals surface area (Å²) in [6.07, 6.45) is 0.992. The third kappa shape index (κ3) is 1.87. The maximum absolute atomic E-state index is 11.0. The number of hydrogen-bond donors (Lipinski definition) is 2. The summed E-state index contributed by atoms with van der Waals surface area (Å²) in [7, 11) is 0. The van der Waals surface area contributed by atoms with Crippen molar-refractivity contribution in [2.24, 2.45) is 5.73 Å². The van der Waals surface area contributed by atoms with E-state index in [9.17, 15) is 14.4 Å². The smallest absolute Gasteiger partial charge is 0.328 e. The van der Waals surface area contributed by atoms with Gasteiger partial charge in [0.1, 0.15) is 18.2 Å². The molecule has 0 aliphatic heterocycles. The van der Waals surface area contributed by atoms with Gasteiger partial charge < -0.3 is 5.73 Å². The van der Waals surface area contributed by atoms with Crippen LogP contribution in [-0.2, 0) is 11.3 Å². The Labute approximate surface area is 77.4 Å². The van der Waals surface area contributed by atoms with Crippen molar-refractivity contribution < 1.29 is 4.79 Å². The Balaban J connectivity index is 3.34. The second-order valence-electron chi connectivity index (χ2n) is 2.51. The van der Waals surface area contributed by atoms with E-state index < -0.39 is 17.2 Å². The molecule has 72 valence electrons. The van der Waals surface area contributed by atoms with Crippen LogP contribution >= 0.6 is 0 Å². The Hall–Kier alpha value is -2.36. The minimum Gasteiger partial charge on any atom is -0.368 e. The molecule has 0 radical (unpaired) electrons. The fraction of sp³-hybridized carbons (Fsp3) is 0.143. The molecule has 1 aromatic heterocycles. The molecule has 0 unspecified atom stereocenters. The van der Waals surface area contributed by atoms with Crippen LogP contribution in [0.4, 0.5) is 0 Å². The molecule has 0 fully saturated rings. The van der Waals surface area contributed by atoms with Gasteiger partial charge in [-0.1, -0.05) is 0 Å². The molecule has 0 aromatic carbocycles. The number of H-pyrrole nitrogens is 1. The van der Waals surface area contributed by atoms with E-state index >= 15 is 0 Å². The fourth-order valence-corrected chi connectivity index (χ4v) is 0.874. The summed E-state index contributed by atoms with van der Waals surface area (Å²) in [5.74, 6) is -0.733. The highest BCUT2D eigenvalue weighted by atomic mass is 16.2. The second kappa shape index (κ2) is 3.57. The van der Waals surface area contributed by atoms with Gasteiger partial charge in [-0.15, -0.1) is 0 Å². The van der Waals surface area contributed by atoms with Crippen LogP contribution in [0.1, 0.15) is 5.56 Å². The van der Waals surface area contributed by atoms with Crippen LogP contribution in [0.15, 0.2) is 15.8 Å². The van der Waals surface area contributed by atoms with Crippen molar-refractivity contribution in [3.8, 4) is 6.07 Å². The van der Waals surface area contributed by atoms with Gasteiger partial charge in [-0.05, 0) is 0 Å². The van der Waals surface area contributed by atoms with E-state index in [4.69, 9.17) is 11.0 Å². The van der Waals surface area contributed by atoms with Crippen molar-refractivity contribution in [2.75, 3.05) is 0 Å². The Morgan fingerprint density at radius 2 is 2.29 bits per heavy atom. The highest BCUT2D eigenvalue weighted by Crippen LogP contribution is 1.83. The highest BCUT2D eigenvalue weighted by molar-refractivity contribution is 5.73. The summed E-state index contributed by atoms with van der Waals surface area (Å²) in [6, 6.07) is 1.58. The molecule has 0 bridgehead atoms. The SMILES string of the molecule is N#Cc1cn(CC(N)=O)c(=O)[nH]c1=O. The van der Waals surface area contributed by atoms with E-state index in [0.29, 0.717) is 0 Å². The predicted octanol–water partition coefficient (Wildman–Crippen LogP) is -2.11. The summed E-state index contributed by atoms with van der Waals surface area (Å²) in [4.78, 5) is 34.3. The summed E-state index contributed by atoms with van der Waals surface area (Å²) in [5.41, 5.74) is 3.05. The van der Waals surface area contributed by atoms with Gasteiger partial charge in [0.2, 0.25) is 5.91 Å². The van der Waals surface area contributed by atoms with Gasteiger partial charge >= 0.3 is 5.69 Å². The van der Waals surface area contributed by atoms with E-state index in [2.05, 4.69) is 0 Å². The average Bonchev–Trinajstić information content (AvgIpc) is 2.09. The molecular weight excluding hydrogens is 188 g/mol.